The molecule has 258 valence electrons. The zero-order valence-electron chi connectivity index (χ0n) is 28.4. The van der Waals surface area contributed by atoms with Crippen molar-refractivity contribution in [3.63, 3.8) is 0 Å². The van der Waals surface area contributed by atoms with Gasteiger partial charge in [-0.25, -0.2) is 9.59 Å². The van der Waals surface area contributed by atoms with Crippen molar-refractivity contribution in [3.8, 4) is 0 Å². The second kappa shape index (κ2) is 14.1. The maximum atomic E-state index is 12.9. The molecule has 0 saturated heterocycles. The lowest BCUT2D eigenvalue weighted by Gasteiger charge is -2.63. The molecular weight excluding hydrogens is 576 g/mol. The highest BCUT2D eigenvalue weighted by Gasteiger charge is 2.65. The van der Waals surface area contributed by atoms with Crippen LogP contribution in [0.3, 0.4) is 0 Å². The number of aliphatic carboxylic acids is 1. The molecule has 12 atom stereocenters. The van der Waals surface area contributed by atoms with Gasteiger partial charge in [-0.15, -0.1) is 0 Å². The van der Waals surface area contributed by atoms with Crippen LogP contribution in [0, 0.1) is 46.3 Å². The number of amides is 2. The number of carbonyl (C=O) groups is 3. The van der Waals surface area contributed by atoms with Crippen LogP contribution in [0.5, 0.6) is 0 Å². The molecule has 45 heavy (non-hydrogen) atoms. The fourth-order valence-electron chi connectivity index (χ4n) is 10.2. The van der Waals surface area contributed by atoms with E-state index in [1.54, 1.807) is 20.8 Å². The number of unbranched alkanes of at least 4 members (excludes halogenated alkanes) is 1. The molecule has 4 fully saturated rings. The van der Waals surface area contributed by atoms with Crippen molar-refractivity contribution in [1.29, 1.82) is 0 Å². The van der Waals surface area contributed by atoms with Gasteiger partial charge in [0.15, 0.2) is 0 Å². The van der Waals surface area contributed by atoms with Gasteiger partial charge in [-0.1, -0.05) is 20.8 Å². The van der Waals surface area contributed by atoms with Crippen LogP contribution >= 0.6 is 0 Å². The number of nitrogens with one attached hydrogen (secondary N) is 2. The van der Waals surface area contributed by atoms with Gasteiger partial charge in [-0.2, -0.15) is 0 Å². The maximum absolute atomic E-state index is 12.9. The molecule has 0 spiro atoms. The van der Waals surface area contributed by atoms with Gasteiger partial charge in [-0.3, -0.25) is 4.79 Å². The molecule has 0 unspecified atom stereocenters. The summed E-state index contributed by atoms with van der Waals surface area (Å²) in [6, 6.07) is -0.987. The summed E-state index contributed by atoms with van der Waals surface area (Å²) in [6.07, 6.45) is 6.26. The maximum Gasteiger partial charge on any atom is 0.407 e. The smallest absolute Gasteiger partial charge is 0.407 e. The van der Waals surface area contributed by atoms with Crippen LogP contribution in [0.15, 0.2) is 0 Å². The first-order valence-corrected chi connectivity index (χ1v) is 17.5. The van der Waals surface area contributed by atoms with Crippen molar-refractivity contribution in [2.45, 2.75) is 149 Å². The number of hydrogen-bond acceptors (Lipinski definition) is 7. The molecule has 0 heterocycles. The molecule has 2 amide bonds. The Morgan fingerprint density at radius 3 is 2.33 bits per heavy atom. The van der Waals surface area contributed by atoms with E-state index in [1.807, 2.05) is 0 Å². The van der Waals surface area contributed by atoms with Crippen molar-refractivity contribution in [1.82, 2.24) is 10.6 Å². The predicted octanol–water partition coefficient (Wildman–Crippen LogP) is 4.63. The van der Waals surface area contributed by atoms with E-state index in [-0.39, 0.29) is 71.2 Å². The Balaban J connectivity index is 1.28. The second-order valence-electron chi connectivity index (χ2n) is 16.4. The van der Waals surface area contributed by atoms with Gasteiger partial charge in [-0.05, 0) is 138 Å². The molecule has 6 N–H and O–H groups in total. The van der Waals surface area contributed by atoms with E-state index in [2.05, 4.69) is 31.4 Å². The number of carboxylic acid groups (broad SMARTS) is 1. The topological polar surface area (TPSA) is 165 Å². The fraction of sp³-hybridized carbons (Fsp3) is 0.914. The Morgan fingerprint density at radius 1 is 0.956 bits per heavy atom. The Labute approximate surface area is 269 Å². The van der Waals surface area contributed by atoms with Crippen molar-refractivity contribution in [2.75, 3.05) is 6.54 Å². The van der Waals surface area contributed by atoms with Crippen LogP contribution in [-0.4, -0.2) is 74.9 Å². The molecule has 0 aromatic heterocycles. The quantitative estimate of drug-likeness (QED) is 0.179. The highest BCUT2D eigenvalue weighted by Crippen LogP contribution is 2.68. The number of fused-ring (bicyclic) bond motifs is 5. The Bertz CT molecular complexity index is 1060. The van der Waals surface area contributed by atoms with Gasteiger partial charge in [0.1, 0.15) is 11.6 Å². The number of carboxylic acids is 1. The lowest BCUT2D eigenvalue weighted by atomic mass is 9.43. The molecule has 10 nitrogen and oxygen atoms in total. The standard InChI is InChI=1S/C35H60N2O8/c1-20(10-13-29(41)37-26(31(42)43)9-7-8-16-36-32(44)45-33(2,3)4)23-11-12-24-30-25(19-28(40)35(23,24)6)34(5)15-14-22(38)17-21(34)18-27(30)39/h20-28,30,38-40H,7-19H2,1-6H3,(H,36,44)(H,37,41)(H,42,43)/t20-,21-,22-,23-,24+,25+,26-,27-,28+,30+,34+,35-/m1/s1. The lowest BCUT2D eigenvalue weighted by molar-refractivity contribution is -0.207. The molecule has 4 saturated carbocycles. The monoisotopic (exact) mass is 636 g/mol. The summed E-state index contributed by atoms with van der Waals surface area (Å²) in [6.45, 7) is 12.4. The number of aliphatic hydroxyl groups is 3. The van der Waals surface area contributed by atoms with E-state index in [0.29, 0.717) is 32.2 Å². The number of ether oxygens (including phenoxy) is 1. The van der Waals surface area contributed by atoms with Gasteiger partial charge in [0.2, 0.25) is 5.91 Å². The highest BCUT2D eigenvalue weighted by atomic mass is 16.6. The van der Waals surface area contributed by atoms with Crippen molar-refractivity contribution in [2.24, 2.45) is 46.3 Å². The van der Waals surface area contributed by atoms with Crippen LogP contribution in [0.4, 0.5) is 4.79 Å². The molecule has 0 aromatic carbocycles. The second-order valence-corrected chi connectivity index (χ2v) is 16.4. The van der Waals surface area contributed by atoms with Gasteiger partial charge >= 0.3 is 12.1 Å². The molecule has 0 bridgehead atoms. The lowest BCUT2D eigenvalue weighted by Crippen LogP contribution is -2.62. The van der Waals surface area contributed by atoms with E-state index >= 15 is 0 Å². The minimum atomic E-state index is -1.07. The number of alkyl carbamates (subject to hydrolysis) is 1. The van der Waals surface area contributed by atoms with Crippen LogP contribution < -0.4 is 10.6 Å². The first kappa shape index (κ1) is 35.9. The Hall–Kier alpha value is -1.91. The normalized spacial score (nSPS) is 39.0. The van der Waals surface area contributed by atoms with Crippen molar-refractivity contribution < 1.29 is 39.5 Å². The van der Waals surface area contributed by atoms with E-state index < -0.39 is 35.9 Å². The first-order valence-electron chi connectivity index (χ1n) is 17.5. The largest absolute Gasteiger partial charge is 0.480 e. The summed E-state index contributed by atoms with van der Waals surface area (Å²) in [5.41, 5.74) is -0.896. The summed E-state index contributed by atoms with van der Waals surface area (Å²) in [5, 5.41) is 48.7. The Morgan fingerprint density at radius 2 is 1.67 bits per heavy atom. The molecule has 0 aromatic rings. The fourth-order valence-corrected chi connectivity index (χ4v) is 10.2. The molecule has 10 heteroatoms. The zero-order valence-corrected chi connectivity index (χ0v) is 28.4. The molecule has 4 aliphatic rings. The summed E-state index contributed by atoms with van der Waals surface area (Å²) < 4.78 is 5.20. The number of aliphatic hydroxyl groups excluding tert-OH is 3. The van der Waals surface area contributed by atoms with E-state index in [9.17, 15) is 34.8 Å². The summed E-state index contributed by atoms with van der Waals surface area (Å²) in [5.74, 6) is -0.0968. The average molecular weight is 637 g/mol. The van der Waals surface area contributed by atoms with Crippen LogP contribution in [-0.2, 0) is 14.3 Å². The molecule has 0 radical (unpaired) electrons. The van der Waals surface area contributed by atoms with E-state index in [0.717, 1.165) is 38.5 Å². The molecule has 0 aliphatic heterocycles. The average Bonchev–Trinajstić information content (AvgIpc) is 3.29. The van der Waals surface area contributed by atoms with E-state index in [4.69, 9.17) is 4.74 Å². The molecular formula is C35H60N2O8. The van der Waals surface area contributed by atoms with Crippen LogP contribution in [0.1, 0.15) is 119 Å². The first-order chi connectivity index (χ1) is 21.0. The third-order valence-corrected chi connectivity index (χ3v) is 12.6. The minimum absolute atomic E-state index is 0.0303. The number of hydrogen-bond donors (Lipinski definition) is 6. The Kier molecular flexibility index (Phi) is 11.2. The van der Waals surface area contributed by atoms with Crippen molar-refractivity contribution in [3.05, 3.63) is 0 Å². The van der Waals surface area contributed by atoms with Gasteiger partial charge in [0.05, 0.1) is 18.3 Å². The number of carbonyl (C=O) groups excluding carboxylic acids is 2. The SMILES string of the molecule is C[C@H](CCC(=O)N[C@H](CCCCNC(=O)OC(C)(C)C)C(=O)O)[C@H]1CC[C@H]2[C@@H]3[C@H](O)C[C@H]4C[C@H](O)CC[C@]4(C)[C@H]3C[C@H](O)[C@]12C. The van der Waals surface area contributed by atoms with Gasteiger partial charge < -0.3 is 35.8 Å². The van der Waals surface area contributed by atoms with Crippen LogP contribution in [0.25, 0.3) is 0 Å². The predicted molar refractivity (Wildman–Crippen MR) is 170 cm³/mol. The van der Waals surface area contributed by atoms with Gasteiger partial charge in [0, 0.05) is 13.0 Å². The summed E-state index contributed by atoms with van der Waals surface area (Å²) in [4.78, 5) is 36.5. The number of rotatable bonds is 11. The third kappa shape index (κ3) is 7.81. The molecule has 4 aliphatic carbocycles. The summed E-state index contributed by atoms with van der Waals surface area (Å²) >= 11 is 0. The highest BCUT2D eigenvalue weighted by molar-refractivity contribution is 5.83. The van der Waals surface area contributed by atoms with E-state index in [1.165, 1.54) is 0 Å². The van der Waals surface area contributed by atoms with Gasteiger partial charge in [0.25, 0.3) is 0 Å². The van der Waals surface area contributed by atoms with Crippen molar-refractivity contribution >= 4 is 18.0 Å². The summed E-state index contributed by atoms with van der Waals surface area (Å²) in [7, 11) is 0. The zero-order chi connectivity index (χ0) is 33.3. The minimum Gasteiger partial charge on any atom is -0.480 e. The van der Waals surface area contributed by atoms with Crippen LogP contribution in [0.2, 0.25) is 0 Å². The third-order valence-electron chi connectivity index (χ3n) is 12.6. The molecule has 4 rings (SSSR count).